The van der Waals surface area contributed by atoms with Gasteiger partial charge in [0.05, 0.1) is 7.11 Å². The first kappa shape index (κ1) is 10.7. The van der Waals surface area contributed by atoms with E-state index >= 15 is 0 Å². The minimum absolute atomic E-state index is 0.146. The van der Waals surface area contributed by atoms with Gasteiger partial charge in [0.15, 0.2) is 6.29 Å². The number of rotatable bonds is 2. The van der Waals surface area contributed by atoms with E-state index in [2.05, 4.69) is 9.47 Å². The fraction of sp³-hybridized carbons (Fsp3) is 0.143. The van der Waals surface area contributed by atoms with E-state index in [4.69, 9.17) is 0 Å². The van der Waals surface area contributed by atoms with E-state index in [-0.39, 0.29) is 6.29 Å². The number of H-pyrrole nitrogens is 2. The Morgan fingerprint density at radius 2 is 2.00 bits per heavy atom. The molecule has 15 heavy (non-hydrogen) atoms. The molecule has 1 aromatic rings. The highest BCUT2D eigenvalue weighted by Crippen LogP contribution is 2.05. The second-order valence-corrected chi connectivity index (χ2v) is 2.33. The summed E-state index contributed by atoms with van der Waals surface area (Å²) in [4.78, 5) is 46.7. The zero-order valence-corrected chi connectivity index (χ0v) is 7.53. The highest BCUT2D eigenvalue weighted by Gasteiger charge is 2.13. The molecule has 0 saturated heterocycles. The molecule has 8 heteroatoms. The largest absolute Gasteiger partial charge is 0.514 e. The zero-order chi connectivity index (χ0) is 11.4. The summed E-state index contributed by atoms with van der Waals surface area (Å²) in [5.41, 5.74) is -2.35. The molecular formula is C7H6N2O6. The van der Waals surface area contributed by atoms with Crippen molar-refractivity contribution in [2.24, 2.45) is 0 Å². The number of carbonyl (C=O) groups excluding carboxylic acids is 2. The molecule has 2 N–H and O–H groups in total. The number of hydrogen-bond donors (Lipinski definition) is 2. The number of hydrogen-bond acceptors (Lipinski definition) is 6. The summed E-state index contributed by atoms with van der Waals surface area (Å²) < 4.78 is 8.50. The van der Waals surface area contributed by atoms with Crippen LogP contribution in [0.15, 0.2) is 9.59 Å². The summed E-state index contributed by atoms with van der Waals surface area (Å²) in [6.07, 6.45) is -1.01. The number of carbonyl (C=O) groups is 2. The van der Waals surface area contributed by atoms with E-state index in [0.717, 1.165) is 7.11 Å². The monoisotopic (exact) mass is 214 g/mol. The van der Waals surface area contributed by atoms with E-state index < -0.39 is 28.8 Å². The number of aromatic nitrogens is 2. The van der Waals surface area contributed by atoms with Crippen molar-refractivity contribution in [2.45, 2.75) is 0 Å². The Morgan fingerprint density at radius 1 is 1.33 bits per heavy atom. The van der Waals surface area contributed by atoms with Crippen molar-refractivity contribution in [3.63, 3.8) is 0 Å². The van der Waals surface area contributed by atoms with Crippen LogP contribution in [0.25, 0.3) is 0 Å². The molecule has 80 valence electrons. The van der Waals surface area contributed by atoms with Crippen LogP contribution < -0.4 is 16.0 Å². The van der Waals surface area contributed by atoms with Gasteiger partial charge in [-0.15, -0.1) is 0 Å². The highest BCUT2D eigenvalue weighted by atomic mass is 16.7. The second kappa shape index (κ2) is 4.22. The van der Waals surface area contributed by atoms with Crippen LogP contribution in [0, 0.1) is 0 Å². The van der Waals surface area contributed by atoms with Crippen LogP contribution in [-0.2, 0) is 4.74 Å². The molecule has 0 spiro atoms. The molecule has 0 fully saturated rings. The van der Waals surface area contributed by atoms with E-state index in [1.165, 1.54) is 0 Å². The molecule has 0 saturated carbocycles. The highest BCUT2D eigenvalue weighted by molar-refractivity contribution is 5.79. The summed E-state index contributed by atoms with van der Waals surface area (Å²) in [5, 5.41) is 0. The Balaban J connectivity index is 3.27. The zero-order valence-electron chi connectivity index (χ0n) is 7.53. The quantitative estimate of drug-likeness (QED) is 0.482. The number of aldehydes is 1. The smallest absolute Gasteiger partial charge is 0.437 e. The van der Waals surface area contributed by atoms with Crippen LogP contribution in [0.5, 0.6) is 5.88 Å². The molecule has 0 aromatic carbocycles. The third kappa shape index (κ3) is 2.30. The van der Waals surface area contributed by atoms with Gasteiger partial charge in [0.2, 0.25) is 5.88 Å². The van der Waals surface area contributed by atoms with Gasteiger partial charge in [0.25, 0.3) is 5.56 Å². The summed E-state index contributed by atoms with van der Waals surface area (Å²) in [6, 6.07) is 0. The Bertz CT molecular complexity index is 499. The van der Waals surface area contributed by atoms with Crippen LogP contribution in [-0.4, -0.2) is 29.5 Å². The van der Waals surface area contributed by atoms with Crippen molar-refractivity contribution < 1.29 is 19.1 Å². The maximum atomic E-state index is 11.0. The molecule has 0 radical (unpaired) electrons. The molecule has 8 nitrogen and oxygen atoms in total. The van der Waals surface area contributed by atoms with Gasteiger partial charge in [-0.05, 0) is 0 Å². The molecule has 0 atom stereocenters. The Hall–Kier alpha value is -2.38. The standard InChI is InChI=1S/C7H6N2O6/c1-14-7(13)15-5-3(2-10)4(11)8-6(12)9-5/h2H,1H3,(H2,8,9,11,12). The Morgan fingerprint density at radius 3 is 2.53 bits per heavy atom. The number of ether oxygens (including phenoxy) is 2. The first-order valence-electron chi connectivity index (χ1n) is 3.66. The average Bonchev–Trinajstić information content (AvgIpc) is 2.17. The van der Waals surface area contributed by atoms with E-state index in [1.54, 1.807) is 4.98 Å². The van der Waals surface area contributed by atoms with Gasteiger partial charge >= 0.3 is 11.8 Å². The third-order valence-electron chi connectivity index (χ3n) is 1.41. The molecular weight excluding hydrogens is 208 g/mol. The molecule has 0 unspecified atom stereocenters. The lowest BCUT2D eigenvalue weighted by atomic mass is 10.3. The topological polar surface area (TPSA) is 118 Å². The summed E-state index contributed by atoms with van der Waals surface area (Å²) in [7, 11) is 1.04. The van der Waals surface area contributed by atoms with Gasteiger partial charge in [-0.3, -0.25) is 19.6 Å². The molecule has 1 heterocycles. The van der Waals surface area contributed by atoms with Crippen molar-refractivity contribution in [1.82, 2.24) is 9.97 Å². The van der Waals surface area contributed by atoms with Crippen LogP contribution in [0.1, 0.15) is 10.4 Å². The van der Waals surface area contributed by atoms with Gasteiger partial charge in [-0.2, -0.15) is 0 Å². The summed E-state index contributed by atoms with van der Waals surface area (Å²) in [5.74, 6) is -0.550. The lowest BCUT2D eigenvalue weighted by Crippen LogP contribution is -2.27. The van der Waals surface area contributed by atoms with Gasteiger partial charge < -0.3 is 9.47 Å². The third-order valence-corrected chi connectivity index (χ3v) is 1.41. The summed E-state index contributed by atoms with van der Waals surface area (Å²) >= 11 is 0. The van der Waals surface area contributed by atoms with Crippen LogP contribution in [0.4, 0.5) is 4.79 Å². The molecule has 1 rings (SSSR count). The molecule has 0 aliphatic carbocycles. The number of aromatic amines is 2. The van der Waals surface area contributed by atoms with Crippen LogP contribution >= 0.6 is 0 Å². The van der Waals surface area contributed by atoms with E-state index in [0.29, 0.717) is 0 Å². The Kier molecular flexibility index (Phi) is 3.01. The normalized spacial score (nSPS) is 9.40. The van der Waals surface area contributed by atoms with Gasteiger partial charge in [0, 0.05) is 0 Å². The summed E-state index contributed by atoms with van der Waals surface area (Å²) in [6.45, 7) is 0. The van der Waals surface area contributed by atoms with E-state index in [9.17, 15) is 19.2 Å². The second-order valence-electron chi connectivity index (χ2n) is 2.33. The predicted octanol–water partition coefficient (Wildman–Crippen LogP) is -0.979. The fourth-order valence-electron chi connectivity index (χ4n) is 0.788. The molecule has 1 aromatic heterocycles. The number of methoxy groups -OCH3 is 1. The predicted molar refractivity (Wildman–Crippen MR) is 46.1 cm³/mol. The van der Waals surface area contributed by atoms with Crippen molar-refractivity contribution in [3.05, 3.63) is 26.4 Å². The lowest BCUT2D eigenvalue weighted by molar-refractivity contribution is 0.110. The number of nitrogens with one attached hydrogen (secondary N) is 2. The lowest BCUT2D eigenvalue weighted by Gasteiger charge is -2.02. The van der Waals surface area contributed by atoms with Gasteiger partial charge in [-0.1, -0.05) is 0 Å². The molecule has 0 bridgehead atoms. The van der Waals surface area contributed by atoms with Gasteiger partial charge in [-0.25, -0.2) is 9.59 Å². The Labute approximate surface area is 81.8 Å². The maximum Gasteiger partial charge on any atom is 0.514 e. The fourth-order valence-corrected chi connectivity index (χ4v) is 0.788. The molecule has 0 amide bonds. The first-order chi connectivity index (χ1) is 7.08. The minimum atomic E-state index is -1.15. The first-order valence-corrected chi connectivity index (χ1v) is 3.66. The SMILES string of the molecule is COC(=O)Oc1[nH]c(=O)[nH]c(=O)c1C=O. The van der Waals surface area contributed by atoms with Crippen molar-refractivity contribution >= 4 is 12.4 Å². The van der Waals surface area contributed by atoms with Crippen molar-refractivity contribution in [1.29, 1.82) is 0 Å². The van der Waals surface area contributed by atoms with Crippen molar-refractivity contribution in [2.75, 3.05) is 7.11 Å². The maximum absolute atomic E-state index is 11.0. The van der Waals surface area contributed by atoms with E-state index in [1.807, 2.05) is 4.98 Å². The van der Waals surface area contributed by atoms with Gasteiger partial charge in [0.1, 0.15) is 5.56 Å². The minimum Gasteiger partial charge on any atom is -0.437 e. The van der Waals surface area contributed by atoms with Crippen LogP contribution in [0.3, 0.4) is 0 Å². The molecule has 0 aliphatic rings. The average molecular weight is 214 g/mol. The van der Waals surface area contributed by atoms with Crippen LogP contribution in [0.2, 0.25) is 0 Å². The van der Waals surface area contributed by atoms with Crippen molar-refractivity contribution in [3.8, 4) is 5.88 Å². The molecule has 0 aliphatic heterocycles.